The van der Waals surface area contributed by atoms with Gasteiger partial charge in [-0.25, -0.2) is 4.79 Å². The first-order valence-electron chi connectivity index (χ1n) is 7.12. The molecule has 1 aromatic carbocycles. The summed E-state index contributed by atoms with van der Waals surface area (Å²) in [6, 6.07) is 4.92. The van der Waals surface area contributed by atoms with E-state index in [-0.39, 0.29) is 24.6 Å². The van der Waals surface area contributed by atoms with E-state index in [9.17, 15) is 13.6 Å². The predicted octanol–water partition coefficient (Wildman–Crippen LogP) is 2.91. The molecule has 1 heterocycles. The summed E-state index contributed by atoms with van der Waals surface area (Å²) in [7, 11) is 0. The van der Waals surface area contributed by atoms with Crippen LogP contribution < -0.4 is 10.6 Å². The first-order chi connectivity index (χ1) is 9.96. The lowest BCUT2D eigenvalue weighted by atomic mass is 10.0. The van der Waals surface area contributed by atoms with Gasteiger partial charge >= 0.3 is 11.9 Å². The second kappa shape index (κ2) is 7.74. The zero-order valence-corrected chi connectivity index (χ0v) is 13.2. The van der Waals surface area contributed by atoms with Crippen molar-refractivity contribution in [2.45, 2.75) is 31.7 Å². The lowest BCUT2D eigenvalue weighted by Crippen LogP contribution is -2.41. The van der Waals surface area contributed by atoms with Crippen molar-refractivity contribution in [1.82, 2.24) is 0 Å². The van der Waals surface area contributed by atoms with Crippen LogP contribution in [-0.2, 0) is 9.53 Å². The molecular formula is C15H21ClF2N2O2. The molecule has 0 bridgehead atoms. The molecule has 0 saturated carbocycles. The van der Waals surface area contributed by atoms with Gasteiger partial charge in [0.05, 0.1) is 6.61 Å². The monoisotopic (exact) mass is 334 g/mol. The Kier molecular flexibility index (Phi) is 6.56. The van der Waals surface area contributed by atoms with Gasteiger partial charge in [-0.15, -0.1) is 12.4 Å². The fraction of sp³-hybridized carbons (Fsp3) is 0.533. The van der Waals surface area contributed by atoms with Crippen molar-refractivity contribution in [2.75, 3.05) is 24.6 Å². The number of carbonyl (C=O) groups excluding carboxylic acids is 1. The number of nitrogens with two attached hydrogens (primary N) is 1. The summed E-state index contributed by atoms with van der Waals surface area (Å²) in [5.74, 6) is -5.31. The van der Waals surface area contributed by atoms with Crippen LogP contribution in [0.4, 0.5) is 14.5 Å². The summed E-state index contributed by atoms with van der Waals surface area (Å²) in [4.78, 5) is 13.5. The smallest absolute Gasteiger partial charge is 0.379 e. The lowest BCUT2D eigenvalue weighted by molar-refractivity contribution is -0.174. The van der Waals surface area contributed by atoms with Crippen molar-refractivity contribution in [3.8, 4) is 0 Å². The second-order valence-electron chi connectivity index (χ2n) is 5.11. The van der Waals surface area contributed by atoms with E-state index in [4.69, 9.17) is 5.73 Å². The third kappa shape index (κ3) is 3.87. The van der Waals surface area contributed by atoms with Crippen LogP contribution in [0, 0.1) is 0 Å². The van der Waals surface area contributed by atoms with Crippen LogP contribution in [0.5, 0.6) is 0 Å². The number of rotatable bonds is 5. The van der Waals surface area contributed by atoms with Crippen molar-refractivity contribution < 1.29 is 18.3 Å². The van der Waals surface area contributed by atoms with Gasteiger partial charge < -0.3 is 15.4 Å². The van der Waals surface area contributed by atoms with Crippen LogP contribution in [0.1, 0.15) is 31.4 Å². The van der Waals surface area contributed by atoms with E-state index in [2.05, 4.69) is 9.64 Å². The quantitative estimate of drug-likeness (QED) is 0.841. The maximum Gasteiger partial charge on any atom is 0.379 e. The summed E-state index contributed by atoms with van der Waals surface area (Å²) in [5.41, 5.74) is 6.75. The van der Waals surface area contributed by atoms with Crippen LogP contribution in [0.2, 0.25) is 0 Å². The van der Waals surface area contributed by atoms with E-state index in [1.165, 1.54) is 6.92 Å². The minimum Gasteiger partial charge on any atom is -0.462 e. The van der Waals surface area contributed by atoms with Gasteiger partial charge in [0.2, 0.25) is 0 Å². The highest BCUT2D eigenvalue weighted by molar-refractivity contribution is 5.85. The highest BCUT2D eigenvalue weighted by atomic mass is 35.5. The van der Waals surface area contributed by atoms with Crippen LogP contribution >= 0.6 is 12.4 Å². The molecule has 22 heavy (non-hydrogen) atoms. The minimum absolute atomic E-state index is 0. The van der Waals surface area contributed by atoms with E-state index in [0.29, 0.717) is 0 Å². The maximum absolute atomic E-state index is 13.9. The van der Waals surface area contributed by atoms with Gasteiger partial charge in [-0.2, -0.15) is 8.78 Å². The molecule has 1 aliphatic rings. The minimum atomic E-state index is -3.73. The molecule has 4 nitrogen and oxygen atoms in total. The average Bonchev–Trinajstić information content (AvgIpc) is 3.01. The highest BCUT2D eigenvalue weighted by Gasteiger charge is 2.47. The molecule has 1 fully saturated rings. The van der Waals surface area contributed by atoms with Crippen molar-refractivity contribution in [2.24, 2.45) is 5.73 Å². The molecule has 1 atom stereocenters. The van der Waals surface area contributed by atoms with Gasteiger partial charge in [0.25, 0.3) is 0 Å². The Morgan fingerprint density at radius 2 is 1.86 bits per heavy atom. The zero-order valence-electron chi connectivity index (χ0n) is 12.4. The van der Waals surface area contributed by atoms with Crippen molar-refractivity contribution in [3.63, 3.8) is 0 Å². The number of anilines is 1. The zero-order chi connectivity index (χ0) is 15.5. The molecule has 2 rings (SSSR count). The molecule has 1 saturated heterocycles. The number of ether oxygens (including phenoxy) is 1. The number of halogens is 3. The Bertz CT molecular complexity index is 491. The summed E-state index contributed by atoms with van der Waals surface area (Å²) >= 11 is 0. The first kappa shape index (κ1) is 18.6. The first-order valence-corrected chi connectivity index (χ1v) is 7.12. The third-order valence-electron chi connectivity index (χ3n) is 3.66. The number of carbonyl (C=O) groups is 1. The molecule has 0 radical (unpaired) electrons. The molecule has 0 aromatic heterocycles. The van der Waals surface area contributed by atoms with Gasteiger partial charge in [0.1, 0.15) is 6.04 Å². The number of hydrogen-bond acceptors (Lipinski definition) is 4. The van der Waals surface area contributed by atoms with E-state index in [1.807, 2.05) is 0 Å². The van der Waals surface area contributed by atoms with Crippen molar-refractivity contribution in [1.29, 1.82) is 0 Å². The van der Waals surface area contributed by atoms with E-state index in [0.717, 1.165) is 31.6 Å². The van der Waals surface area contributed by atoms with Crippen molar-refractivity contribution in [3.05, 3.63) is 29.8 Å². The average molecular weight is 335 g/mol. The summed E-state index contributed by atoms with van der Waals surface area (Å²) in [5, 5.41) is 0. The maximum atomic E-state index is 13.9. The second-order valence-corrected chi connectivity index (χ2v) is 5.11. The van der Waals surface area contributed by atoms with Crippen LogP contribution in [0.3, 0.4) is 0 Å². The Morgan fingerprint density at radius 3 is 2.36 bits per heavy atom. The number of hydrogen-bond donors (Lipinski definition) is 1. The van der Waals surface area contributed by atoms with Crippen LogP contribution in [-0.4, -0.2) is 31.6 Å². The molecule has 1 aliphatic heterocycles. The topological polar surface area (TPSA) is 55.6 Å². The molecule has 1 aromatic rings. The number of alkyl halides is 2. The summed E-state index contributed by atoms with van der Waals surface area (Å²) < 4.78 is 32.1. The molecule has 0 aliphatic carbocycles. The normalized spacial score (nSPS) is 16.1. The molecule has 2 N–H and O–H groups in total. The third-order valence-corrected chi connectivity index (χ3v) is 3.66. The standard InChI is InChI=1S/C15H20F2N2O2.ClH/c1-2-21-14(20)15(16,17)13(18)11-5-7-12(8-6-11)19-9-3-4-10-19;/h5-8,13H,2-4,9-10,18H2,1H3;1H/t13-;/m0./s1. The van der Waals surface area contributed by atoms with Crippen LogP contribution in [0.25, 0.3) is 0 Å². The Morgan fingerprint density at radius 1 is 1.32 bits per heavy atom. The van der Waals surface area contributed by atoms with E-state index >= 15 is 0 Å². The van der Waals surface area contributed by atoms with Gasteiger partial charge in [0, 0.05) is 18.8 Å². The molecule has 124 valence electrons. The highest BCUT2D eigenvalue weighted by Crippen LogP contribution is 2.32. The van der Waals surface area contributed by atoms with Crippen LogP contribution in [0.15, 0.2) is 24.3 Å². The molecule has 0 amide bonds. The molecule has 0 unspecified atom stereocenters. The van der Waals surface area contributed by atoms with Crippen molar-refractivity contribution >= 4 is 24.1 Å². The molecular weight excluding hydrogens is 314 g/mol. The Labute approximate surface area is 135 Å². The number of benzene rings is 1. The number of nitrogens with zero attached hydrogens (tertiary/aromatic N) is 1. The number of esters is 1. The van der Waals surface area contributed by atoms with E-state index in [1.54, 1.807) is 24.3 Å². The largest absolute Gasteiger partial charge is 0.462 e. The van der Waals surface area contributed by atoms with Gasteiger partial charge in [-0.1, -0.05) is 12.1 Å². The predicted molar refractivity (Wildman–Crippen MR) is 83.6 cm³/mol. The lowest BCUT2D eigenvalue weighted by Gasteiger charge is -2.23. The SMILES string of the molecule is CCOC(=O)C(F)(F)[C@@H](N)c1ccc(N2CCCC2)cc1.Cl. The molecule has 7 heteroatoms. The van der Waals surface area contributed by atoms with Gasteiger partial charge in [-0.3, -0.25) is 0 Å². The van der Waals surface area contributed by atoms with E-state index < -0.39 is 17.9 Å². The fourth-order valence-corrected chi connectivity index (χ4v) is 2.43. The van der Waals surface area contributed by atoms with Gasteiger partial charge in [0.15, 0.2) is 0 Å². The van der Waals surface area contributed by atoms with Gasteiger partial charge in [-0.05, 0) is 37.5 Å². The summed E-state index contributed by atoms with van der Waals surface area (Å²) in [6.45, 7) is 3.33. The Hall–Kier alpha value is -1.40. The fourth-order valence-electron chi connectivity index (χ4n) is 2.43. The molecule has 0 spiro atoms. The Balaban J connectivity index is 0.00000242. The summed E-state index contributed by atoms with van der Waals surface area (Å²) in [6.07, 6.45) is 2.28.